The molecule has 0 aromatic rings. The molecule has 0 bridgehead atoms. The molecule has 13 heavy (non-hydrogen) atoms. The Bertz CT molecular complexity index is 263. The SMILES string of the molecule is O=C1O[C@H](CO)C2OC12C(F)(F)F. The zero-order valence-corrected chi connectivity index (χ0v) is 6.17. The fourth-order valence-corrected chi connectivity index (χ4v) is 1.43. The molecule has 2 fully saturated rings. The molecule has 2 saturated heterocycles. The van der Waals surface area contributed by atoms with E-state index in [1.807, 2.05) is 0 Å². The Balaban J connectivity index is 2.26. The van der Waals surface area contributed by atoms with E-state index in [2.05, 4.69) is 9.47 Å². The monoisotopic (exact) mass is 198 g/mol. The standard InChI is InChI=1S/C6H5F3O4/c7-6(8,9)5-3(13-5)2(1-10)12-4(5)11/h2-3,10H,1H2/t2-,3?,5?/m1/s1. The van der Waals surface area contributed by atoms with Crippen LogP contribution in [0.25, 0.3) is 0 Å². The molecular weight excluding hydrogens is 193 g/mol. The van der Waals surface area contributed by atoms with Gasteiger partial charge in [-0.2, -0.15) is 13.2 Å². The number of halogens is 3. The highest BCUT2D eigenvalue weighted by Crippen LogP contribution is 2.56. The molecule has 74 valence electrons. The Morgan fingerprint density at radius 3 is 2.38 bits per heavy atom. The first-order chi connectivity index (χ1) is 5.93. The minimum atomic E-state index is -4.77. The third kappa shape index (κ3) is 0.856. The van der Waals surface area contributed by atoms with E-state index in [-0.39, 0.29) is 0 Å². The first kappa shape index (κ1) is 8.76. The van der Waals surface area contributed by atoms with Crippen molar-refractivity contribution in [2.24, 2.45) is 0 Å². The summed E-state index contributed by atoms with van der Waals surface area (Å²) in [5.41, 5.74) is -2.79. The van der Waals surface area contributed by atoms with E-state index < -0.39 is 36.6 Å². The molecule has 2 aliphatic rings. The second-order valence-corrected chi connectivity index (χ2v) is 2.90. The van der Waals surface area contributed by atoms with Crippen molar-refractivity contribution < 1.29 is 32.5 Å². The van der Waals surface area contributed by atoms with Gasteiger partial charge in [0.05, 0.1) is 6.61 Å². The molecule has 4 nitrogen and oxygen atoms in total. The van der Waals surface area contributed by atoms with Crippen molar-refractivity contribution in [1.29, 1.82) is 0 Å². The van der Waals surface area contributed by atoms with Crippen molar-refractivity contribution >= 4 is 5.97 Å². The van der Waals surface area contributed by atoms with Gasteiger partial charge >= 0.3 is 12.1 Å². The van der Waals surface area contributed by atoms with Crippen molar-refractivity contribution in [3.63, 3.8) is 0 Å². The molecule has 2 unspecified atom stereocenters. The topological polar surface area (TPSA) is 59.1 Å². The van der Waals surface area contributed by atoms with E-state index in [0.29, 0.717) is 0 Å². The number of hydrogen-bond acceptors (Lipinski definition) is 4. The minimum Gasteiger partial charge on any atom is -0.455 e. The largest absolute Gasteiger partial charge is 0.455 e. The number of rotatable bonds is 1. The number of alkyl halides is 3. The van der Waals surface area contributed by atoms with Crippen LogP contribution in [0.5, 0.6) is 0 Å². The van der Waals surface area contributed by atoms with E-state index >= 15 is 0 Å². The number of epoxide rings is 1. The number of fused-ring (bicyclic) bond motifs is 1. The van der Waals surface area contributed by atoms with Crippen LogP contribution in [0.1, 0.15) is 0 Å². The van der Waals surface area contributed by atoms with E-state index in [9.17, 15) is 18.0 Å². The van der Waals surface area contributed by atoms with E-state index in [0.717, 1.165) is 0 Å². The molecule has 2 aliphatic heterocycles. The molecule has 2 rings (SSSR count). The van der Waals surface area contributed by atoms with Crippen LogP contribution in [0.4, 0.5) is 13.2 Å². The highest BCUT2D eigenvalue weighted by molar-refractivity contribution is 5.87. The highest BCUT2D eigenvalue weighted by Gasteiger charge is 2.85. The molecule has 0 aliphatic carbocycles. The van der Waals surface area contributed by atoms with Crippen LogP contribution in [-0.2, 0) is 14.3 Å². The predicted molar refractivity (Wildman–Crippen MR) is 30.6 cm³/mol. The first-order valence-corrected chi connectivity index (χ1v) is 3.50. The van der Waals surface area contributed by atoms with Crippen LogP contribution >= 0.6 is 0 Å². The molecule has 0 amide bonds. The molecule has 1 N–H and O–H groups in total. The summed E-state index contributed by atoms with van der Waals surface area (Å²) < 4.78 is 45.2. The lowest BCUT2D eigenvalue weighted by Gasteiger charge is -2.10. The normalized spacial score (nSPS) is 42.9. The molecule has 3 atom stereocenters. The fourth-order valence-electron chi connectivity index (χ4n) is 1.43. The Kier molecular flexibility index (Phi) is 1.45. The molecule has 2 heterocycles. The summed E-state index contributed by atoms with van der Waals surface area (Å²) in [7, 11) is 0. The maximum atomic E-state index is 12.2. The summed E-state index contributed by atoms with van der Waals surface area (Å²) in [6, 6.07) is 0. The van der Waals surface area contributed by atoms with E-state index in [4.69, 9.17) is 5.11 Å². The smallest absolute Gasteiger partial charge is 0.431 e. The van der Waals surface area contributed by atoms with Crippen LogP contribution in [-0.4, -0.2) is 41.7 Å². The third-order valence-electron chi connectivity index (χ3n) is 2.16. The summed E-state index contributed by atoms with van der Waals surface area (Å²) in [6.07, 6.45) is -7.32. The van der Waals surface area contributed by atoms with Crippen LogP contribution in [0.3, 0.4) is 0 Å². The van der Waals surface area contributed by atoms with Crippen LogP contribution in [0, 0.1) is 0 Å². The lowest BCUT2D eigenvalue weighted by Crippen LogP contribution is -2.39. The molecular formula is C6H5F3O4. The zero-order valence-electron chi connectivity index (χ0n) is 6.17. The summed E-state index contributed by atoms with van der Waals surface area (Å²) in [6.45, 7) is -0.658. The number of esters is 1. The van der Waals surface area contributed by atoms with Gasteiger partial charge in [-0.25, -0.2) is 4.79 Å². The van der Waals surface area contributed by atoms with Gasteiger partial charge in [0, 0.05) is 0 Å². The molecule has 0 spiro atoms. The van der Waals surface area contributed by atoms with Crippen molar-refractivity contribution in [2.75, 3.05) is 6.61 Å². The highest BCUT2D eigenvalue weighted by atomic mass is 19.4. The average Bonchev–Trinajstić information content (AvgIpc) is 2.69. The molecule has 0 aromatic carbocycles. The summed E-state index contributed by atoms with van der Waals surface area (Å²) in [4.78, 5) is 10.8. The predicted octanol–water partition coefficient (Wildman–Crippen LogP) is -0.396. The number of carbonyl (C=O) groups is 1. The van der Waals surface area contributed by atoms with E-state index in [1.54, 1.807) is 0 Å². The van der Waals surface area contributed by atoms with Crippen molar-refractivity contribution in [1.82, 2.24) is 0 Å². The lowest BCUT2D eigenvalue weighted by atomic mass is 10.1. The van der Waals surface area contributed by atoms with Gasteiger partial charge < -0.3 is 14.6 Å². The molecule has 0 aromatic heterocycles. The van der Waals surface area contributed by atoms with Crippen molar-refractivity contribution in [2.45, 2.75) is 24.0 Å². The Hall–Kier alpha value is -0.820. The number of aliphatic hydroxyl groups is 1. The van der Waals surface area contributed by atoms with Gasteiger partial charge in [0.2, 0.25) is 0 Å². The Morgan fingerprint density at radius 2 is 2.15 bits per heavy atom. The zero-order chi connectivity index (χ0) is 9.85. The maximum Gasteiger partial charge on any atom is 0.431 e. The first-order valence-electron chi connectivity index (χ1n) is 3.50. The summed E-state index contributed by atoms with van der Waals surface area (Å²) in [5.74, 6) is -1.45. The van der Waals surface area contributed by atoms with Gasteiger partial charge in [-0.15, -0.1) is 0 Å². The number of aliphatic hydroxyl groups excluding tert-OH is 1. The number of carbonyl (C=O) groups excluding carboxylic acids is 1. The van der Waals surface area contributed by atoms with Gasteiger partial charge in [0.1, 0.15) is 6.10 Å². The third-order valence-corrected chi connectivity index (χ3v) is 2.16. The number of cyclic esters (lactones) is 1. The molecule has 0 radical (unpaired) electrons. The Morgan fingerprint density at radius 1 is 1.54 bits per heavy atom. The minimum absolute atomic E-state index is 0.658. The van der Waals surface area contributed by atoms with Crippen molar-refractivity contribution in [3.8, 4) is 0 Å². The number of ether oxygens (including phenoxy) is 2. The van der Waals surface area contributed by atoms with Crippen molar-refractivity contribution in [3.05, 3.63) is 0 Å². The summed E-state index contributed by atoms with van der Waals surface area (Å²) in [5, 5.41) is 8.54. The molecule has 7 heteroatoms. The fraction of sp³-hybridized carbons (Fsp3) is 0.833. The van der Waals surface area contributed by atoms with Crippen LogP contribution < -0.4 is 0 Å². The number of hydrogen-bond donors (Lipinski definition) is 1. The second-order valence-electron chi connectivity index (χ2n) is 2.90. The van der Waals surface area contributed by atoms with E-state index in [1.165, 1.54) is 0 Å². The van der Waals surface area contributed by atoms with Gasteiger partial charge in [0.15, 0.2) is 6.10 Å². The second kappa shape index (κ2) is 2.16. The van der Waals surface area contributed by atoms with Crippen LogP contribution in [0.2, 0.25) is 0 Å². The van der Waals surface area contributed by atoms with Gasteiger partial charge in [-0.3, -0.25) is 0 Å². The van der Waals surface area contributed by atoms with Gasteiger partial charge in [-0.05, 0) is 0 Å². The Labute approximate surface area is 70.2 Å². The lowest BCUT2D eigenvalue weighted by molar-refractivity contribution is -0.202. The van der Waals surface area contributed by atoms with Gasteiger partial charge in [-0.1, -0.05) is 0 Å². The molecule has 0 saturated carbocycles. The average molecular weight is 198 g/mol. The van der Waals surface area contributed by atoms with Crippen LogP contribution in [0.15, 0.2) is 0 Å². The summed E-state index contributed by atoms with van der Waals surface area (Å²) >= 11 is 0. The van der Waals surface area contributed by atoms with Gasteiger partial charge in [0.25, 0.3) is 5.60 Å². The maximum absolute atomic E-state index is 12.2. The quantitative estimate of drug-likeness (QED) is 0.460.